The quantitative estimate of drug-likeness (QED) is 0.175. The summed E-state index contributed by atoms with van der Waals surface area (Å²) >= 11 is 5.85. The van der Waals surface area contributed by atoms with Crippen LogP contribution >= 0.6 is 11.6 Å². The highest BCUT2D eigenvalue weighted by Gasteiger charge is 2.13. The molecule has 4 rings (SSSR count). The summed E-state index contributed by atoms with van der Waals surface area (Å²) in [6.45, 7) is 2.82. The molecule has 0 saturated heterocycles. The van der Waals surface area contributed by atoms with Crippen LogP contribution in [0.2, 0.25) is 5.02 Å². The molecule has 0 unspecified atom stereocenters. The second-order valence-corrected chi connectivity index (χ2v) is 7.50. The average molecular weight is 449 g/mol. The molecule has 6 nitrogen and oxygen atoms in total. The minimum atomic E-state index is -0.466. The Labute approximate surface area is 190 Å². The molecule has 0 amide bonds. The van der Waals surface area contributed by atoms with E-state index >= 15 is 0 Å². The van der Waals surface area contributed by atoms with Crippen LogP contribution in [0.3, 0.4) is 0 Å². The molecule has 1 aromatic heterocycles. The number of carbonyl (C=O) groups is 1. The van der Waals surface area contributed by atoms with E-state index in [0.29, 0.717) is 40.3 Å². The van der Waals surface area contributed by atoms with Crippen molar-refractivity contribution >= 4 is 17.6 Å². The molecule has 0 saturated carbocycles. The van der Waals surface area contributed by atoms with Gasteiger partial charge in [-0.05, 0) is 79.2 Å². The number of ether oxygens (including phenoxy) is 2. The Kier molecular flexibility index (Phi) is 6.82. The summed E-state index contributed by atoms with van der Waals surface area (Å²) in [4.78, 5) is 12.3. The van der Waals surface area contributed by atoms with Gasteiger partial charge in [0.15, 0.2) is 0 Å². The van der Waals surface area contributed by atoms with Crippen LogP contribution in [0.25, 0.3) is 22.9 Å². The highest BCUT2D eigenvalue weighted by atomic mass is 35.5. The Hall–Kier alpha value is -3.64. The van der Waals surface area contributed by atoms with Crippen LogP contribution in [0.4, 0.5) is 0 Å². The van der Waals surface area contributed by atoms with E-state index in [-0.39, 0.29) is 0 Å². The third-order valence-electron chi connectivity index (χ3n) is 4.68. The number of halogens is 1. The van der Waals surface area contributed by atoms with Crippen molar-refractivity contribution in [1.82, 2.24) is 10.2 Å². The van der Waals surface area contributed by atoms with E-state index in [1.165, 1.54) is 0 Å². The van der Waals surface area contributed by atoms with Gasteiger partial charge < -0.3 is 13.9 Å². The lowest BCUT2D eigenvalue weighted by Crippen LogP contribution is -2.08. The third-order valence-corrected chi connectivity index (χ3v) is 4.94. The number of rotatable bonds is 8. The standard InChI is InChI=1S/C25H21ClN2O4/c1-2-3-16-30-21-12-8-18(9-13-21)24-28-27-23(32-24)17-4-6-19(7-5-17)25(29)31-22-14-10-20(26)11-15-22/h4-15H,2-3,16H2,1H3. The van der Waals surface area contributed by atoms with Crippen LogP contribution < -0.4 is 9.47 Å². The SMILES string of the molecule is CCCCOc1ccc(-c2nnc(-c3ccc(C(=O)Oc4ccc(Cl)cc4)cc3)o2)cc1. The molecule has 162 valence electrons. The molecule has 0 spiro atoms. The molecule has 4 aromatic rings. The van der Waals surface area contributed by atoms with Crippen LogP contribution in [0.15, 0.2) is 77.2 Å². The van der Waals surface area contributed by atoms with Crippen LogP contribution in [0, 0.1) is 0 Å². The van der Waals surface area contributed by atoms with Gasteiger partial charge in [-0.25, -0.2) is 4.79 Å². The maximum Gasteiger partial charge on any atom is 0.343 e. The van der Waals surface area contributed by atoms with E-state index < -0.39 is 5.97 Å². The summed E-state index contributed by atoms with van der Waals surface area (Å²) < 4.78 is 16.8. The molecule has 0 fully saturated rings. The summed E-state index contributed by atoms with van der Waals surface area (Å²) in [6, 6.07) is 20.9. The van der Waals surface area contributed by atoms with E-state index in [0.717, 1.165) is 24.2 Å². The van der Waals surface area contributed by atoms with Gasteiger partial charge in [0.25, 0.3) is 0 Å². The van der Waals surface area contributed by atoms with Gasteiger partial charge in [-0.2, -0.15) is 0 Å². The molecule has 0 aliphatic rings. The van der Waals surface area contributed by atoms with E-state index in [1.807, 2.05) is 24.3 Å². The number of aromatic nitrogens is 2. The number of hydrogen-bond acceptors (Lipinski definition) is 6. The molecule has 0 aliphatic heterocycles. The zero-order valence-corrected chi connectivity index (χ0v) is 18.2. The van der Waals surface area contributed by atoms with E-state index in [2.05, 4.69) is 17.1 Å². The van der Waals surface area contributed by atoms with Crippen LogP contribution in [-0.2, 0) is 0 Å². The summed E-state index contributed by atoms with van der Waals surface area (Å²) in [5, 5.41) is 8.82. The predicted octanol–water partition coefficient (Wildman–Crippen LogP) is 6.46. The molecule has 0 N–H and O–H groups in total. The zero-order chi connectivity index (χ0) is 22.3. The van der Waals surface area contributed by atoms with Gasteiger partial charge in [-0.1, -0.05) is 24.9 Å². The van der Waals surface area contributed by atoms with Gasteiger partial charge in [0.05, 0.1) is 12.2 Å². The van der Waals surface area contributed by atoms with Gasteiger partial charge in [0.2, 0.25) is 11.8 Å². The normalized spacial score (nSPS) is 10.7. The molecular weight excluding hydrogens is 428 g/mol. The van der Waals surface area contributed by atoms with E-state index in [4.69, 9.17) is 25.5 Å². The highest BCUT2D eigenvalue weighted by molar-refractivity contribution is 6.30. The summed E-state index contributed by atoms with van der Waals surface area (Å²) in [6.07, 6.45) is 2.11. The maximum absolute atomic E-state index is 12.3. The van der Waals surface area contributed by atoms with Crippen molar-refractivity contribution in [3.05, 3.63) is 83.4 Å². The molecule has 0 atom stereocenters. The Morgan fingerprint density at radius 1 is 0.844 bits per heavy atom. The molecule has 1 heterocycles. The van der Waals surface area contributed by atoms with Crippen LogP contribution in [-0.4, -0.2) is 22.8 Å². The van der Waals surface area contributed by atoms with Crippen LogP contribution in [0.1, 0.15) is 30.1 Å². The summed E-state index contributed by atoms with van der Waals surface area (Å²) in [7, 11) is 0. The number of nitrogens with zero attached hydrogens (tertiary/aromatic N) is 2. The second kappa shape index (κ2) is 10.1. The molecule has 0 radical (unpaired) electrons. The Morgan fingerprint density at radius 3 is 2.00 bits per heavy atom. The van der Waals surface area contributed by atoms with E-state index in [1.54, 1.807) is 48.5 Å². The lowest BCUT2D eigenvalue weighted by atomic mass is 10.1. The Balaban J connectivity index is 1.41. The Morgan fingerprint density at radius 2 is 1.41 bits per heavy atom. The maximum atomic E-state index is 12.3. The average Bonchev–Trinajstić information content (AvgIpc) is 3.32. The first-order valence-electron chi connectivity index (χ1n) is 10.3. The largest absolute Gasteiger partial charge is 0.494 e. The lowest BCUT2D eigenvalue weighted by molar-refractivity contribution is 0.0735. The first-order valence-corrected chi connectivity index (χ1v) is 10.6. The van der Waals surface area contributed by atoms with Crippen molar-refractivity contribution in [2.75, 3.05) is 6.61 Å². The van der Waals surface area contributed by atoms with Crippen LogP contribution in [0.5, 0.6) is 11.5 Å². The number of carbonyl (C=O) groups excluding carboxylic acids is 1. The van der Waals surface area contributed by atoms with Crippen molar-refractivity contribution in [2.24, 2.45) is 0 Å². The van der Waals surface area contributed by atoms with Gasteiger partial charge in [0.1, 0.15) is 11.5 Å². The number of unbranched alkanes of at least 4 members (excludes halogenated alkanes) is 1. The summed E-state index contributed by atoms with van der Waals surface area (Å²) in [5.74, 6) is 1.54. The molecular formula is C25H21ClN2O4. The van der Waals surface area contributed by atoms with Crippen molar-refractivity contribution in [3.63, 3.8) is 0 Å². The fourth-order valence-electron chi connectivity index (χ4n) is 2.90. The summed E-state index contributed by atoms with van der Waals surface area (Å²) in [5.41, 5.74) is 1.91. The van der Waals surface area contributed by atoms with Crippen molar-refractivity contribution in [3.8, 4) is 34.4 Å². The predicted molar refractivity (Wildman–Crippen MR) is 122 cm³/mol. The number of benzene rings is 3. The van der Waals surface area contributed by atoms with Crippen molar-refractivity contribution in [1.29, 1.82) is 0 Å². The first kappa shape index (κ1) is 21.6. The minimum absolute atomic E-state index is 0.362. The highest BCUT2D eigenvalue weighted by Crippen LogP contribution is 2.26. The van der Waals surface area contributed by atoms with Gasteiger partial charge in [-0.3, -0.25) is 0 Å². The van der Waals surface area contributed by atoms with E-state index in [9.17, 15) is 4.79 Å². The molecule has 3 aromatic carbocycles. The van der Waals surface area contributed by atoms with Crippen molar-refractivity contribution in [2.45, 2.75) is 19.8 Å². The fraction of sp³-hybridized carbons (Fsp3) is 0.160. The monoisotopic (exact) mass is 448 g/mol. The Bertz CT molecular complexity index is 1170. The topological polar surface area (TPSA) is 74.5 Å². The first-order chi connectivity index (χ1) is 15.6. The fourth-order valence-corrected chi connectivity index (χ4v) is 3.03. The third kappa shape index (κ3) is 5.34. The van der Waals surface area contributed by atoms with Gasteiger partial charge in [-0.15, -0.1) is 10.2 Å². The minimum Gasteiger partial charge on any atom is -0.494 e. The lowest BCUT2D eigenvalue weighted by Gasteiger charge is -2.05. The molecule has 7 heteroatoms. The molecule has 0 bridgehead atoms. The number of hydrogen-bond donors (Lipinski definition) is 0. The zero-order valence-electron chi connectivity index (χ0n) is 17.5. The number of esters is 1. The smallest absolute Gasteiger partial charge is 0.343 e. The van der Waals surface area contributed by atoms with Gasteiger partial charge in [0, 0.05) is 16.1 Å². The molecule has 32 heavy (non-hydrogen) atoms. The molecule has 0 aliphatic carbocycles. The second-order valence-electron chi connectivity index (χ2n) is 7.06. The van der Waals surface area contributed by atoms with Crippen molar-refractivity contribution < 1.29 is 18.7 Å². The van der Waals surface area contributed by atoms with Gasteiger partial charge >= 0.3 is 5.97 Å².